The van der Waals surface area contributed by atoms with Gasteiger partial charge in [-0.05, 0) is 12.1 Å². The van der Waals surface area contributed by atoms with Crippen molar-refractivity contribution < 1.29 is 71.8 Å². The van der Waals surface area contributed by atoms with Crippen molar-refractivity contribution in [3.05, 3.63) is 76.9 Å². The second kappa shape index (κ2) is 34.9. The van der Waals surface area contributed by atoms with Gasteiger partial charge in [0.2, 0.25) is 0 Å². The smallest absolute Gasteiger partial charge is 0.299 e. The quantitative estimate of drug-likeness (QED) is 0.0550. The van der Waals surface area contributed by atoms with Crippen molar-refractivity contribution in [2.45, 2.75) is 0 Å². The van der Waals surface area contributed by atoms with Crippen LogP contribution in [0.1, 0.15) is 0 Å². The number of hydrogen-bond acceptors (Lipinski definition) is 21. The number of nitro benzene ring substituents is 4. The van der Waals surface area contributed by atoms with Gasteiger partial charge >= 0.3 is 0 Å². The molecule has 2 rings (SSSR count). The topological polar surface area (TPSA) is 298 Å². The number of benzene rings is 2. The lowest BCUT2D eigenvalue weighted by atomic mass is 10.2. The molecule has 61 heavy (non-hydrogen) atoms. The summed E-state index contributed by atoms with van der Waals surface area (Å²) in [7, 11) is 0. The monoisotopic (exact) mass is 876 g/mol. The van der Waals surface area contributed by atoms with Gasteiger partial charge in [0.1, 0.15) is 11.4 Å². The van der Waals surface area contributed by atoms with E-state index in [1.165, 1.54) is 24.3 Å². The predicted octanol–water partition coefficient (Wildman–Crippen LogP) is 3.03. The molecule has 0 fully saturated rings. The van der Waals surface area contributed by atoms with E-state index in [2.05, 4.69) is 10.6 Å². The van der Waals surface area contributed by atoms with Crippen LogP contribution in [0, 0.1) is 40.5 Å². The Morgan fingerprint density at radius 1 is 0.328 bits per heavy atom. The van der Waals surface area contributed by atoms with Gasteiger partial charge in [-0.25, -0.2) is 0 Å². The fourth-order valence-electron chi connectivity index (χ4n) is 4.69. The van der Waals surface area contributed by atoms with Crippen molar-refractivity contribution >= 4 is 34.1 Å². The van der Waals surface area contributed by atoms with Crippen molar-refractivity contribution in [2.75, 3.05) is 169 Å². The molecule has 0 aliphatic heterocycles. The summed E-state index contributed by atoms with van der Waals surface area (Å²) in [6.07, 6.45) is 0. The van der Waals surface area contributed by atoms with Crippen molar-refractivity contribution in [1.82, 2.24) is 0 Å². The highest BCUT2D eigenvalue weighted by molar-refractivity contribution is 5.66. The first kappa shape index (κ1) is 52.3. The average molecular weight is 877 g/mol. The number of rotatable bonds is 42. The number of nitrogens with zero attached hydrogens (tertiary/aromatic N) is 4. The Morgan fingerprint density at radius 3 is 0.738 bits per heavy atom. The zero-order chi connectivity index (χ0) is 44.2. The van der Waals surface area contributed by atoms with Gasteiger partial charge in [0.05, 0.1) is 177 Å². The standard InChI is InChI=1S/C36H56N6O19/c43-39(44)31-1-3-33(35(29-31)41(47)48)37-5-7-51-9-11-53-13-15-55-17-19-57-21-23-59-25-27-61-28-26-60-24-22-58-20-18-56-16-14-54-12-10-52-8-6-38-34-4-2-32(40(45)46)30-36(34)42(49)50/h1-4,29-30,37-38H,5-28H2. The van der Waals surface area contributed by atoms with Crippen molar-refractivity contribution in [3.8, 4) is 0 Å². The fourth-order valence-corrected chi connectivity index (χ4v) is 4.69. The fraction of sp³-hybridized carbons (Fsp3) is 0.667. The Morgan fingerprint density at radius 2 is 0.541 bits per heavy atom. The van der Waals surface area contributed by atoms with Crippen LogP contribution >= 0.6 is 0 Å². The highest BCUT2D eigenvalue weighted by Gasteiger charge is 2.20. The van der Waals surface area contributed by atoms with Crippen LogP contribution in [0.25, 0.3) is 0 Å². The van der Waals surface area contributed by atoms with Crippen LogP contribution < -0.4 is 10.6 Å². The van der Waals surface area contributed by atoms with Gasteiger partial charge in [0.25, 0.3) is 22.7 Å². The minimum Gasteiger partial charge on any atom is -0.377 e. The number of anilines is 2. The summed E-state index contributed by atoms with van der Waals surface area (Å²) < 4.78 is 59.9. The highest BCUT2D eigenvalue weighted by Crippen LogP contribution is 2.29. The van der Waals surface area contributed by atoms with Crippen LogP contribution in [0.2, 0.25) is 0 Å². The molecule has 0 atom stereocenters. The first-order valence-corrected chi connectivity index (χ1v) is 19.4. The molecule has 0 radical (unpaired) electrons. The maximum atomic E-state index is 11.2. The summed E-state index contributed by atoms with van der Waals surface area (Å²) in [6, 6.07) is 6.80. The molecule has 0 aliphatic rings. The second-order valence-corrected chi connectivity index (χ2v) is 12.0. The van der Waals surface area contributed by atoms with Gasteiger partial charge in [-0.1, -0.05) is 0 Å². The van der Waals surface area contributed by atoms with Crippen molar-refractivity contribution in [2.24, 2.45) is 0 Å². The molecule has 0 bridgehead atoms. The van der Waals surface area contributed by atoms with Crippen LogP contribution in [0.15, 0.2) is 36.4 Å². The SMILES string of the molecule is O=[N+]([O-])c1ccc(NCCOCCOCCOCCOCCOCCOCCOCCOCCOCCOCCOCCNc2ccc([N+](=O)[O-])cc2[N+](=O)[O-])c([N+](=O)[O-])c1. The van der Waals surface area contributed by atoms with Crippen LogP contribution in [-0.2, 0) is 52.1 Å². The number of nitrogens with one attached hydrogen (secondary N) is 2. The van der Waals surface area contributed by atoms with Crippen LogP contribution in [-0.4, -0.2) is 178 Å². The summed E-state index contributed by atoms with van der Waals surface area (Å²) in [5.41, 5.74) is -1.12. The average Bonchev–Trinajstić information content (AvgIpc) is 3.24. The van der Waals surface area contributed by atoms with E-state index in [-0.39, 0.29) is 60.4 Å². The summed E-state index contributed by atoms with van der Waals surface area (Å²) in [5.74, 6) is 0. The molecule has 0 spiro atoms. The van der Waals surface area contributed by atoms with Gasteiger partial charge < -0.3 is 62.7 Å². The van der Waals surface area contributed by atoms with E-state index in [9.17, 15) is 40.5 Å². The van der Waals surface area contributed by atoms with Crippen molar-refractivity contribution in [3.63, 3.8) is 0 Å². The molecule has 0 unspecified atom stereocenters. The van der Waals surface area contributed by atoms with Crippen LogP contribution in [0.3, 0.4) is 0 Å². The lowest BCUT2D eigenvalue weighted by molar-refractivity contribution is -0.393. The van der Waals surface area contributed by atoms with E-state index in [1.807, 2.05) is 0 Å². The zero-order valence-corrected chi connectivity index (χ0v) is 34.0. The summed E-state index contributed by atoms with van der Waals surface area (Å²) in [5, 5.41) is 49.6. The molecule has 25 heteroatoms. The summed E-state index contributed by atoms with van der Waals surface area (Å²) in [4.78, 5) is 41.2. The second-order valence-electron chi connectivity index (χ2n) is 12.0. The molecule has 2 aromatic rings. The maximum Gasteiger partial charge on any atom is 0.299 e. The molecule has 0 aliphatic carbocycles. The van der Waals surface area contributed by atoms with Crippen molar-refractivity contribution in [1.29, 1.82) is 0 Å². The van der Waals surface area contributed by atoms with E-state index in [4.69, 9.17) is 52.1 Å². The number of nitro groups is 4. The van der Waals surface area contributed by atoms with E-state index in [0.29, 0.717) is 132 Å². The molecule has 2 N–H and O–H groups in total. The largest absolute Gasteiger partial charge is 0.377 e. The third-order valence-electron chi connectivity index (χ3n) is 7.62. The minimum atomic E-state index is -0.690. The number of ether oxygens (including phenoxy) is 11. The summed E-state index contributed by atoms with van der Waals surface area (Å²) in [6.45, 7) is 9.08. The Bertz CT molecular complexity index is 1420. The van der Waals surface area contributed by atoms with Gasteiger partial charge in [-0.2, -0.15) is 0 Å². The van der Waals surface area contributed by atoms with E-state index < -0.39 is 19.7 Å². The predicted molar refractivity (Wildman–Crippen MR) is 215 cm³/mol. The Labute approximate surface area is 351 Å². The molecule has 0 heterocycles. The van der Waals surface area contributed by atoms with Gasteiger partial charge in [0, 0.05) is 25.2 Å². The Balaban J connectivity index is 1.21. The first-order valence-electron chi connectivity index (χ1n) is 19.4. The minimum absolute atomic E-state index is 0.173. The zero-order valence-electron chi connectivity index (χ0n) is 34.0. The molecule has 0 saturated heterocycles. The van der Waals surface area contributed by atoms with Crippen LogP contribution in [0.5, 0.6) is 0 Å². The molecule has 0 aromatic heterocycles. The molecule has 344 valence electrons. The summed E-state index contributed by atoms with van der Waals surface area (Å²) >= 11 is 0. The Hall–Kier alpha value is -4.80. The van der Waals surface area contributed by atoms with Gasteiger partial charge in [-0.3, -0.25) is 40.5 Å². The van der Waals surface area contributed by atoms with Gasteiger partial charge in [-0.15, -0.1) is 0 Å². The lowest BCUT2D eigenvalue weighted by Gasteiger charge is -2.09. The van der Waals surface area contributed by atoms with E-state index >= 15 is 0 Å². The molecule has 25 nitrogen and oxygen atoms in total. The third kappa shape index (κ3) is 26.2. The third-order valence-corrected chi connectivity index (χ3v) is 7.62. The molecule has 0 amide bonds. The Kier molecular flexibility index (Phi) is 29.9. The first-order chi connectivity index (χ1) is 29.7. The number of non-ortho nitro benzene ring substituents is 2. The molecular weight excluding hydrogens is 820 g/mol. The number of hydrogen-bond donors (Lipinski definition) is 2. The van der Waals surface area contributed by atoms with Gasteiger partial charge in [0.15, 0.2) is 0 Å². The highest BCUT2D eigenvalue weighted by atomic mass is 16.6. The molecule has 0 saturated carbocycles. The molecule has 2 aromatic carbocycles. The lowest BCUT2D eigenvalue weighted by Crippen LogP contribution is -2.16. The van der Waals surface area contributed by atoms with E-state index in [0.717, 1.165) is 12.1 Å². The van der Waals surface area contributed by atoms with E-state index in [1.54, 1.807) is 0 Å². The van der Waals surface area contributed by atoms with Crippen LogP contribution in [0.4, 0.5) is 34.1 Å². The maximum absolute atomic E-state index is 11.2. The molecular formula is C36H56N6O19. The normalized spacial score (nSPS) is 11.1.